The number of rotatable bonds is 2. The van der Waals surface area contributed by atoms with E-state index in [1.54, 1.807) is 0 Å². The fraction of sp³-hybridized carbons (Fsp3) is 0.588. The number of hydrogen-bond acceptors (Lipinski definition) is 2. The summed E-state index contributed by atoms with van der Waals surface area (Å²) in [5.41, 5.74) is 2.39. The first kappa shape index (κ1) is 13.6. The van der Waals surface area contributed by atoms with Crippen molar-refractivity contribution in [2.24, 2.45) is 5.92 Å². The van der Waals surface area contributed by atoms with E-state index in [0.29, 0.717) is 18.2 Å². The second-order valence-electron chi connectivity index (χ2n) is 6.25. The average molecular weight is 272 g/mol. The predicted molar refractivity (Wildman–Crippen MR) is 80.6 cm³/mol. The highest BCUT2D eigenvalue weighted by molar-refractivity contribution is 5.79. The van der Waals surface area contributed by atoms with Crippen LogP contribution in [0.25, 0.3) is 0 Å². The van der Waals surface area contributed by atoms with Gasteiger partial charge in [-0.1, -0.05) is 24.3 Å². The molecular formula is C17H24N2O. The van der Waals surface area contributed by atoms with E-state index in [1.807, 2.05) is 12.1 Å². The zero-order chi connectivity index (χ0) is 13.9. The number of nitrogens with zero attached hydrogens (tertiary/aromatic N) is 2. The second-order valence-corrected chi connectivity index (χ2v) is 6.25. The highest BCUT2D eigenvalue weighted by atomic mass is 16.2. The van der Waals surface area contributed by atoms with E-state index in [-0.39, 0.29) is 0 Å². The van der Waals surface area contributed by atoms with E-state index in [9.17, 15) is 4.79 Å². The van der Waals surface area contributed by atoms with Crippen LogP contribution in [0.15, 0.2) is 24.3 Å². The SMILES string of the molecule is Cc1ccccc1CC(=O)N1CCN2CCCC(C2)C1. The van der Waals surface area contributed by atoms with Gasteiger partial charge in [0.15, 0.2) is 0 Å². The van der Waals surface area contributed by atoms with E-state index in [4.69, 9.17) is 0 Å². The molecule has 0 saturated carbocycles. The monoisotopic (exact) mass is 272 g/mol. The van der Waals surface area contributed by atoms with Gasteiger partial charge in [0, 0.05) is 26.2 Å². The van der Waals surface area contributed by atoms with Crippen LogP contribution in [0.1, 0.15) is 24.0 Å². The number of piperidine rings is 1. The minimum Gasteiger partial charge on any atom is -0.341 e. The van der Waals surface area contributed by atoms with Crippen molar-refractivity contribution in [1.82, 2.24) is 9.80 Å². The molecule has 3 heteroatoms. The summed E-state index contributed by atoms with van der Waals surface area (Å²) in [6, 6.07) is 8.22. The van der Waals surface area contributed by atoms with Crippen LogP contribution in [0.4, 0.5) is 0 Å². The molecule has 20 heavy (non-hydrogen) atoms. The molecule has 2 saturated heterocycles. The van der Waals surface area contributed by atoms with E-state index in [0.717, 1.165) is 19.6 Å². The molecule has 2 atom stereocenters. The largest absolute Gasteiger partial charge is 0.341 e. The van der Waals surface area contributed by atoms with E-state index < -0.39 is 0 Å². The predicted octanol–water partition coefficient (Wildman–Crippen LogP) is 2.09. The van der Waals surface area contributed by atoms with Crippen LogP contribution in [-0.2, 0) is 11.2 Å². The number of fused-ring (bicyclic) bond motifs is 2. The normalized spacial score (nSPS) is 26.1. The van der Waals surface area contributed by atoms with Gasteiger partial charge >= 0.3 is 0 Å². The summed E-state index contributed by atoms with van der Waals surface area (Å²) in [6.07, 6.45) is 3.13. The molecule has 2 aliphatic heterocycles. The number of amides is 1. The van der Waals surface area contributed by atoms with Gasteiger partial charge < -0.3 is 9.80 Å². The van der Waals surface area contributed by atoms with Crippen LogP contribution in [0.3, 0.4) is 0 Å². The zero-order valence-electron chi connectivity index (χ0n) is 12.3. The topological polar surface area (TPSA) is 23.6 Å². The summed E-state index contributed by atoms with van der Waals surface area (Å²) in [5.74, 6) is 0.986. The maximum atomic E-state index is 12.6. The molecule has 3 rings (SSSR count). The molecular weight excluding hydrogens is 248 g/mol. The molecule has 2 heterocycles. The van der Waals surface area contributed by atoms with Crippen LogP contribution >= 0.6 is 0 Å². The third-order valence-corrected chi connectivity index (χ3v) is 4.72. The molecule has 0 spiro atoms. The quantitative estimate of drug-likeness (QED) is 0.823. The van der Waals surface area contributed by atoms with Gasteiger partial charge in [0.25, 0.3) is 0 Å². The van der Waals surface area contributed by atoms with Gasteiger partial charge in [0.2, 0.25) is 5.91 Å². The molecule has 2 aliphatic rings. The Morgan fingerprint density at radius 3 is 2.90 bits per heavy atom. The second kappa shape index (κ2) is 5.96. The molecule has 108 valence electrons. The summed E-state index contributed by atoms with van der Waals surface area (Å²) in [7, 11) is 0. The fourth-order valence-electron chi connectivity index (χ4n) is 3.48. The summed E-state index contributed by atoms with van der Waals surface area (Å²) in [4.78, 5) is 17.2. The first-order chi connectivity index (χ1) is 9.72. The van der Waals surface area contributed by atoms with E-state index in [2.05, 4.69) is 28.9 Å². The first-order valence-electron chi connectivity index (χ1n) is 7.77. The Kier molecular flexibility index (Phi) is 4.06. The lowest BCUT2D eigenvalue weighted by Gasteiger charge is -2.29. The minimum absolute atomic E-state index is 0.299. The minimum atomic E-state index is 0.299. The van der Waals surface area contributed by atoms with Crippen LogP contribution in [0.2, 0.25) is 0 Å². The smallest absolute Gasteiger partial charge is 0.227 e. The van der Waals surface area contributed by atoms with Crippen molar-refractivity contribution in [3.63, 3.8) is 0 Å². The van der Waals surface area contributed by atoms with Crippen LogP contribution in [0, 0.1) is 12.8 Å². The molecule has 3 nitrogen and oxygen atoms in total. The van der Waals surface area contributed by atoms with Gasteiger partial charge in [-0.3, -0.25) is 4.79 Å². The molecule has 1 amide bonds. The molecule has 0 aliphatic carbocycles. The Bertz CT molecular complexity index is 486. The highest BCUT2D eigenvalue weighted by Crippen LogP contribution is 2.21. The molecule has 0 N–H and O–H groups in total. The van der Waals surface area contributed by atoms with Gasteiger partial charge in [0.1, 0.15) is 0 Å². The van der Waals surface area contributed by atoms with Crippen molar-refractivity contribution in [3.05, 3.63) is 35.4 Å². The van der Waals surface area contributed by atoms with Gasteiger partial charge in [-0.25, -0.2) is 0 Å². The van der Waals surface area contributed by atoms with Crippen molar-refractivity contribution in [1.29, 1.82) is 0 Å². The van der Waals surface area contributed by atoms with E-state index in [1.165, 1.54) is 37.1 Å². The zero-order valence-corrected chi connectivity index (χ0v) is 12.3. The van der Waals surface area contributed by atoms with Gasteiger partial charge in [-0.05, 0) is 43.4 Å². The molecule has 2 unspecified atom stereocenters. The standard InChI is InChI=1S/C17H24N2O/c1-14-5-2-3-7-16(14)11-17(20)19-10-9-18-8-4-6-15(12-18)13-19/h2-3,5,7,15H,4,6,8-13H2,1H3. The first-order valence-corrected chi connectivity index (χ1v) is 7.77. The number of benzene rings is 1. The van der Waals surface area contributed by atoms with Gasteiger partial charge in [0.05, 0.1) is 6.42 Å². The Balaban J connectivity index is 1.66. The van der Waals surface area contributed by atoms with Crippen molar-refractivity contribution < 1.29 is 4.79 Å². The fourth-order valence-corrected chi connectivity index (χ4v) is 3.48. The summed E-state index contributed by atoms with van der Waals surface area (Å²) in [5, 5.41) is 0. The maximum absolute atomic E-state index is 12.6. The summed E-state index contributed by atoms with van der Waals surface area (Å²) < 4.78 is 0. The third-order valence-electron chi connectivity index (χ3n) is 4.72. The molecule has 2 fully saturated rings. The van der Waals surface area contributed by atoms with Gasteiger partial charge in [-0.2, -0.15) is 0 Å². The Hall–Kier alpha value is -1.35. The lowest BCUT2D eigenvalue weighted by atomic mass is 9.98. The number of hydrogen-bond donors (Lipinski definition) is 0. The molecule has 2 bridgehead atoms. The molecule has 0 aromatic heterocycles. The van der Waals surface area contributed by atoms with Crippen LogP contribution in [-0.4, -0.2) is 48.4 Å². The lowest BCUT2D eigenvalue weighted by Crippen LogP contribution is -2.37. The van der Waals surface area contributed by atoms with Crippen LogP contribution in [0.5, 0.6) is 0 Å². The Morgan fingerprint density at radius 2 is 2.05 bits per heavy atom. The summed E-state index contributed by atoms with van der Waals surface area (Å²) in [6.45, 7) is 7.41. The maximum Gasteiger partial charge on any atom is 0.227 e. The highest BCUT2D eigenvalue weighted by Gasteiger charge is 2.28. The molecule has 1 aromatic carbocycles. The van der Waals surface area contributed by atoms with E-state index >= 15 is 0 Å². The third kappa shape index (κ3) is 3.04. The van der Waals surface area contributed by atoms with Gasteiger partial charge in [-0.15, -0.1) is 0 Å². The molecule has 1 aromatic rings. The Labute approximate surface area is 121 Å². The van der Waals surface area contributed by atoms with Crippen molar-refractivity contribution in [2.45, 2.75) is 26.2 Å². The average Bonchev–Trinajstić information content (AvgIpc) is 2.60. The number of aryl methyl sites for hydroxylation is 1. The lowest BCUT2D eigenvalue weighted by molar-refractivity contribution is -0.130. The van der Waals surface area contributed by atoms with Crippen molar-refractivity contribution in [2.75, 3.05) is 32.7 Å². The molecule has 0 radical (unpaired) electrons. The number of carbonyl (C=O) groups is 1. The number of carbonyl (C=O) groups excluding carboxylic acids is 1. The van der Waals surface area contributed by atoms with Crippen molar-refractivity contribution in [3.8, 4) is 0 Å². The van der Waals surface area contributed by atoms with Crippen LogP contribution < -0.4 is 0 Å². The summed E-state index contributed by atoms with van der Waals surface area (Å²) >= 11 is 0. The Morgan fingerprint density at radius 1 is 1.20 bits per heavy atom. The van der Waals surface area contributed by atoms with Crippen molar-refractivity contribution >= 4 is 5.91 Å².